The molecular weight excluding hydrogens is 310 g/mol. The second-order valence-corrected chi connectivity index (χ2v) is 7.88. The second kappa shape index (κ2) is 6.62. The lowest BCUT2D eigenvalue weighted by molar-refractivity contribution is -0.877. The van der Waals surface area contributed by atoms with Gasteiger partial charge in [0.25, 0.3) is 0 Å². The molecule has 0 saturated heterocycles. The van der Waals surface area contributed by atoms with E-state index in [2.05, 4.69) is 25.1 Å². The summed E-state index contributed by atoms with van der Waals surface area (Å²) in [6.45, 7) is 2.32. The highest BCUT2D eigenvalue weighted by Gasteiger charge is 2.51. The molecular formula is C19H30ClNO2. The van der Waals surface area contributed by atoms with Crippen molar-refractivity contribution in [3.05, 3.63) is 34.5 Å². The molecule has 0 N–H and O–H groups in total. The van der Waals surface area contributed by atoms with Crippen molar-refractivity contribution in [3.63, 3.8) is 0 Å². The maximum absolute atomic E-state index is 13.0. The van der Waals surface area contributed by atoms with E-state index in [0.717, 1.165) is 18.6 Å². The minimum absolute atomic E-state index is 0. The highest BCUT2D eigenvalue weighted by atomic mass is 35.5. The van der Waals surface area contributed by atoms with Crippen molar-refractivity contribution in [2.24, 2.45) is 5.92 Å². The zero-order chi connectivity index (χ0) is 16.0. The number of halogens is 1. The fraction of sp³-hybridized carbons (Fsp3) is 0.684. The van der Waals surface area contributed by atoms with Gasteiger partial charge in [0.05, 0.1) is 21.2 Å². The van der Waals surface area contributed by atoms with E-state index in [4.69, 9.17) is 4.74 Å². The Labute approximate surface area is 146 Å². The lowest BCUT2D eigenvalue weighted by Crippen LogP contribution is -2.61. The van der Waals surface area contributed by atoms with E-state index >= 15 is 0 Å². The van der Waals surface area contributed by atoms with E-state index in [-0.39, 0.29) is 28.5 Å². The average Bonchev–Trinajstić information content (AvgIpc) is 2.43. The quantitative estimate of drug-likeness (QED) is 0.588. The van der Waals surface area contributed by atoms with E-state index in [1.165, 1.54) is 36.8 Å². The van der Waals surface area contributed by atoms with Crippen LogP contribution >= 0.6 is 12.4 Å². The van der Waals surface area contributed by atoms with Gasteiger partial charge in [-0.25, -0.2) is 0 Å². The lowest BCUT2D eigenvalue weighted by atomic mass is 9.59. The molecule has 0 spiro atoms. The number of benzene rings is 1. The van der Waals surface area contributed by atoms with Crippen molar-refractivity contribution in [1.29, 1.82) is 0 Å². The summed E-state index contributed by atoms with van der Waals surface area (Å²) in [6.07, 6.45) is 7.13. The van der Waals surface area contributed by atoms with Crippen LogP contribution in [0.15, 0.2) is 18.2 Å². The van der Waals surface area contributed by atoms with E-state index < -0.39 is 0 Å². The molecule has 3 nitrogen and oxygen atoms in total. The van der Waals surface area contributed by atoms with Crippen LogP contribution in [-0.2, 0) is 11.8 Å². The number of methoxy groups -OCH3 is 1. The molecule has 0 amide bonds. The zero-order valence-corrected chi connectivity index (χ0v) is 15.6. The Morgan fingerprint density at radius 3 is 2.61 bits per heavy atom. The number of fused-ring (bicyclic) bond motifs is 4. The zero-order valence-electron chi connectivity index (χ0n) is 14.8. The SMILES string of the molecule is COc1ccc2c(c1)[C@@]1(C)CCCCCC(C2)[C@@H]1[N+](C)(C)[O-].Cl. The topological polar surface area (TPSA) is 32.3 Å². The Hall–Kier alpha value is -0.770. The van der Waals surface area contributed by atoms with Crippen molar-refractivity contribution in [1.82, 2.24) is 0 Å². The number of hydrogen-bond acceptors (Lipinski definition) is 2. The molecule has 130 valence electrons. The molecule has 0 aromatic heterocycles. The first-order chi connectivity index (χ1) is 10.4. The number of rotatable bonds is 2. The summed E-state index contributed by atoms with van der Waals surface area (Å²) in [7, 11) is 5.39. The Balaban J connectivity index is 0.00000192. The van der Waals surface area contributed by atoms with Crippen LogP contribution in [0, 0.1) is 11.1 Å². The van der Waals surface area contributed by atoms with Gasteiger partial charge in [0, 0.05) is 11.3 Å². The first-order valence-corrected chi connectivity index (χ1v) is 8.58. The molecule has 3 rings (SSSR count). The van der Waals surface area contributed by atoms with E-state index in [9.17, 15) is 5.21 Å². The molecule has 23 heavy (non-hydrogen) atoms. The summed E-state index contributed by atoms with van der Waals surface area (Å²) < 4.78 is 5.27. The van der Waals surface area contributed by atoms with E-state index in [1.807, 2.05) is 14.1 Å². The number of hydroxylamine groups is 3. The Morgan fingerprint density at radius 1 is 1.22 bits per heavy atom. The molecule has 4 heteroatoms. The first kappa shape index (κ1) is 18.6. The summed E-state index contributed by atoms with van der Waals surface area (Å²) in [5.41, 5.74) is 2.75. The Bertz CT molecular complexity index is 555. The predicted molar refractivity (Wildman–Crippen MR) is 97.1 cm³/mol. The second-order valence-electron chi connectivity index (χ2n) is 7.88. The highest BCUT2D eigenvalue weighted by molar-refractivity contribution is 5.85. The molecule has 1 saturated carbocycles. The third-order valence-electron chi connectivity index (χ3n) is 5.95. The fourth-order valence-electron chi connectivity index (χ4n) is 5.28. The normalized spacial score (nSPS) is 30.5. The van der Waals surface area contributed by atoms with Crippen molar-refractivity contribution in [3.8, 4) is 5.75 Å². The Kier molecular flexibility index (Phi) is 5.34. The minimum atomic E-state index is -0.183. The first-order valence-electron chi connectivity index (χ1n) is 8.58. The molecule has 3 atom stereocenters. The summed E-state index contributed by atoms with van der Waals surface area (Å²) in [6, 6.07) is 6.63. The van der Waals surface area contributed by atoms with Gasteiger partial charge in [-0.1, -0.05) is 25.3 Å². The van der Waals surface area contributed by atoms with Crippen LogP contribution in [0.4, 0.5) is 0 Å². The van der Waals surface area contributed by atoms with Crippen molar-refractivity contribution in [2.75, 3.05) is 21.2 Å². The smallest absolute Gasteiger partial charge is 0.119 e. The van der Waals surface area contributed by atoms with Gasteiger partial charge in [0.1, 0.15) is 11.8 Å². The van der Waals surface area contributed by atoms with Crippen molar-refractivity contribution < 1.29 is 9.38 Å². The van der Waals surface area contributed by atoms with Crippen LogP contribution in [0.5, 0.6) is 5.75 Å². The Morgan fingerprint density at radius 2 is 1.96 bits per heavy atom. The van der Waals surface area contributed by atoms with Gasteiger partial charge in [0.2, 0.25) is 0 Å². The molecule has 1 aromatic carbocycles. The molecule has 0 heterocycles. The summed E-state index contributed by atoms with van der Waals surface area (Å²) in [5.74, 6) is 1.41. The van der Waals surface area contributed by atoms with Crippen LogP contribution in [0.25, 0.3) is 0 Å². The van der Waals surface area contributed by atoms with Crippen LogP contribution in [0.1, 0.15) is 50.2 Å². The molecule has 2 bridgehead atoms. The van der Waals surface area contributed by atoms with Crippen LogP contribution in [0.2, 0.25) is 0 Å². The number of nitrogens with zero attached hydrogens (tertiary/aromatic N) is 1. The molecule has 0 radical (unpaired) electrons. The van der Waals surface area contributed by atoms with Gasteiger partial charge in [-0.2, -0.15) is 0 Å². The van der Waals surface area contributed by atoms with Gasteiger partial charge in [-0.05, 0) is 49.4 Å². The molecule has 1 aromatic rings. The number of quaternary nitrogens is 1. The van der Waals surface area contributed by atoms with Crippen LogP contribution < -0.4 is 4.74 Å². The molecule has 2 aliphatic rings. The largest absolute Gasteiger partial charge is 0.633 e. The highest BCUT2D eigenvalue weighted by Crippen LogP contribution is 2.50. The predicted octanol–water partition coefficient (Wildman–Crippen LogP) is 4.45. The third-order valence-corrected chi connectivity index (χ3v) is 5.95. The monoisotopic (exact) mass is 339 g/mol. The fourth-order valence-corrected chi connectivity index (χ4v) is 5.28. The maximum atomic E-state index is 13.0. The molecule has 1 unspecified atom stereocenters. The summed E-state index contributed by atoms with van der Waals surface area (Å²) in [4.78, 5) is 0. The van der Waals surface area contributed by atoms with Crippen molar-refractivity contribution in [2.45, 2.75) is 56.9 Å². The summed E-state index contributed by atoms with van der Waals surface area (Å²) in [5, 5.41) is 13.0. The molecule has 1 fully saturated rings. The number of ether oxygens (including phenoxy) is 1. The molecule has 0 aliphatic heterocycles. The number of hydrogen-bond donors (Lipinski definition) is 0. The summed E-state index contributed by atoms with van der Waals surface area (Å²) >= 11 is 0. The minimum Gasteiger partial charge on any atom is -0.633 e. The van der Waals surface area contributed by atoms with E-state index in [0.29, 0.717) is 5.92 Å². The van der Waals surface area contributed by atoms with Gasteiger partial charge in [-0.15, -0.1) is 12.4 Å². The maximum Gasteiger partial charge on any atom is 0.119 e. The third kappa shape index (κ3) is 3.24. The average molecular weight is 340 g/mol. The number of likely N-dealkylation sites (N-methyl/N-ethyl adjacent to an activating group) is 1. The standard InChI is InChI=1S/C19H29NO2.ClH/c1-19-11-7-5-6-8-15(18(19)20(2,3)21)12-14-9-10-16(22-4)13-17(14)19;/h9-10,13,15,18H,5-8,11-12H2,1-4H3;1H/t15?,18-,19+;/m0./s1. The lowest BCUT2D eigenvalue weighted by Gasteiger charge is -2.57. The van der Waals surface area contributed by atoms with Gasteiger partial charge in [-0.3, -0.25) is 0 Å². The molecule has 2 aliphatic carbocycles. The van der Waals surface area contributed by atoms with Gasteiger partial charge < -0.3 is 14.6 Å². The van der Waals surface area contributed by atoms with Gasteiger partial charge >= 0.3 is 0 Å². The van der Waals surface area contributed by atoms with Crippen LogP contribution in [0.3, 0.4) is 0 Å². The van der Waals surface area contributed by atoms with Gasteiger partial charge in [0.15, 0.2) is 0 Å². The van der Waals surface area contributed by atoms with Crippen LogP contribution in [-0.4, -0.2) is 31.9 Å². The van der Waals surface area contributed by atoms with E-state index in [1.54, 1.807) is 7.11 Å². The van der Waals surface area contributed by atoms with Crippen molar-refractivity contribution >= 4 is 12.4 Å².